The van der Waals surface area contributed by atoms with Gasteiger partial charge in [0.2, 0.25) is 6.29 Å². The van der Waals surface area contributed by atoms with E-state index in [1.165, 1.54) is 25.1 Å². The zero-order valence-corrected chi connectivity index (χ0v) is 21.9. The second-order valence-corrected chi connectivity index (χ2v) is 10.1. The van der Waals surface area contributed by atoms with Gasteiger partial charge in [-0.25, -0.2) is 0 Å². The number of aromatic hydroxyl groups is 3. The molecule has 10 unspecified atom stereocenters. The highest BCUT2D eigenvalue weighted by Gasteiger charge is 2.50. The van der Waals surface area contributed by atoms with Crippen LogP contribution in [0.2, 0.25) is 0 Å². The molecule has 0 spiro atoms. The lowest BCUT2D eigenvalue weighted by molar-refractivity contribution is -0.354. The van der Waals surface area contributed by atoms with Gasteiger partial charge < -0.3 is 69.3 Å². The molecular weight excluding hydrogens is 564 g/mol. The molecule has 0 saturated carbocycles. The lowest BCUT2D eigenvalue weighted by Gasteiger charge is -2.45. The van der Waals surface area contributed by atoms with Crippen LogP contribution in [0, 0.1) is 0 Å². The van der Waals surface area contributed by atoms with Crippen molar-refractivity contribution in [1.29, 1.82) is 0 Å². The van der Waals surface area contributed by atoms with Crippen LogP contribution in [0.15, 0.2) is 45.6 Å². The van der Waals surface area contributed by atoms with Crippen molar-refractivity contribution in [2.24, 2.45) is 0 Å². The van der Waals surface area contributed by atoms with E-state index in [2.05, 4.69) is 0 Å². The molecule has 15 heteroatoms. The average molecular weight is 595 g/mol. The minimum Gasteiger partial charge on any atom is -0.507 e. The number of aliphatic hydroxyl groups is 6. The van der Waals surface area contributed by atoms with E-state index in [0.717, 1.165) is 18.2 Å². The monoisotopic (exact) mass is 594 g/mol. The Balaban J connectivity index is 1.48. The summed E-state index contributed by atoms with van der Waals surface area (Å²) in [6.07, 6.45) is -15.5. The maximum Gasteiger partial charge on any atom is 0.229 e. The van der Waals surface area contributed by atoms with Crippen LogP contribution in [-0.4, -0.2) is 114 Å². The highest BCUT2D eigenvalue weighted by molar-refractivity contribution is 5.86. The van der Waals surface area contributed by atoms with E-state index in [0.29, 0.717) is 0 Å². The summed E-state index contributed by atoms with van der Waals surface area (Å²) in [5.74, 6) is -1.60. The summed E-state index contributed by atoms with van der Waals surface area (Å²) in [4.78, 5) is 12.8. The second-order valence-electron chi connectivity index (χ2n) is 10.1. The van der Waals surface area contributed by atoms with Crippen molar-refractivity contribution in [3.8, 4) is 34.3 Å². The molecule has 0 radical (unpaired) electrons. The van der Waals surface area contributed by atoms with E-state index in [1.54, 1.807) is 0 Å². The van der Waals surface area contributed by atoms with Gasteiger partial charge in [0.05, 0.1) is 12.7 Å². The third-order valence-electron chi connectivity index (χ3n) is 7.22. The molecule has 2 aliphatic heterocycles. The van der Waals surface area contributed by atoms with Gasteiger partial charge in [-0.2, -0.15) is 0 Å². The van der Waals surface area contributed by atoms with Gasteiger partial charge in [-0.3, -0.25) is 4.79 Å². The van der Waals surface area contributed by atoms with Crippen LogP contribution in [0.3, 0.4) is 0 Å². The molecular formula is C27H30O15. The quantitative estimate of drug-likeness (QED) is 0.149. The van der Waals surface area contributed by atoms with Crippen molar-refractivity contribution in [2.45, 2.75) is 68.3 Å². The van der Waals surface area contributed by atoms with Gasteiger partial charge in [0.25, 0.3) is 0 Å². The van der Waals surface area contributed by atoms with Crippen molar-refractivity contribution in [3.63, 3.8) is 0 Å². The summed E-state index contributed by atoms with van der Waals surface area (Å²) in [5.41, 5.74) is -0.575. The number of phenolic OH excluding ortho intramolecular Hbond substituents is 3. The Bertz CT molecular complexity index is 1490. The van der Waals surface area contributed by atoms with Gasteiger partial charge >= 0.3 is 0 Å². The first-order valence-corrected chi connectivity index (χ1v) is 12.9. The number of phenols is 3. The van der Waals surface area contributed by atoms with E-state index in [-0.39, 0.29) is 33.8 Å². The predicted molar refractivity (Wildman–Crippen MR) is 139 cm³/mol. The average Bonchev–Trinajstić information content (AvgIpc) is 2.95. The second kappa shape index (κ2) is 11.6. The van der Waals surface area contributed by atoms with Crippen LogP contribution in [0.25, 0.3) is 22.3 Å². The van der Waals surface area contributed by atoms with Crippen molar-refractivity contribution in [2.75, 3.05) is 6.61 Å². The third kappa shape index (κ3) is 5.49. The molecule has 2 saturated heterocycles. The van der Waals surface area contributed by atoms with Gasteiger partial charge in [0, 0.05) is 23.8 Å². The predicted octanol–water partition coefficient (Wildman–Crippen LogP) is -1.39. The van der Waals surface area contributed by atoms with Crippen LogP contribution < -0.4 is 10.2 Å². The zero-order chi connectivity index (χ0) is 30.5. The van der Waals surface area contributed by atoms with E-state index < -0.39 is 84.9 Å². The Kier molecular flexibility index (Phi) is 8.30. The first-order valence-electron chi connectivity index (χ1n) is 12.9. The van der Waals surface area contributed by atoms with Crippen LogP contribution in [0.5, 0.6) is 23.0 Å². The Hall–Kier alpha value is -3.51. The SMILES string of the molecule is CC1OC(OC2C(Oc3cc(O)c4c(=O)cc(-c5ccc(O)c(O)c5)oc4c3)OC(CO)C(O)C2O)C(O)C(O)C1O. The van der Waals surface area contributed by atoms with Crippen LogP contribution >= 0.6 is 0 Å². The minimum absolute atomic E-state index is 0.0216. The van der Waals surface area contributed by atoms with Crippen LogP contribution in [-0.2, 0) is 14.2 Å². The fourth-order valence-electron chi connectivity index (χ4n) is 4.84. The number of benzene rings is 2. The lowest BCUT2D eigenvalue weighted by Crippen LogP contribution is -2.64. The fraction of sp³-hybridized carbons (Fsp3) is 0.444. The molecule has 0 amide bonds. The molecule has 15 nitrogen and oxygen atoms in total. The molecule has 9 N–H and O–H groups in total. The summed E-state index contributed by atoms with van der Waals surface area (Å²) >= 11 is 0. The maximum atomic E-state index is 12.8. The van der Waals surface area contributed by atoms with Crippen molar-refractivity contribution in [1.82, 2.24) is 0 Å². The molecule has 2 aliphatic rings. The molecule has 0 bridgehead atoms. The molecule has 2 fully saturated rings. The molecule has 3 aromatic rings. The first-order chi connectivity index (χ1) is 19.9. The molecule has 42 heavy (non-hydrogen) atoms. The zero-order valence-electron chi connectivity index (χ0n) is 21.9. The summed E-state index contributed by atoms with van der Waals surface area (Å²) in [6.45, 7) is 0.671. The van der Waals surface area contributed by atoms with Crippen molar-refractivity contribution < 1.29 is 69.3 Å². The van der Waals surface area contributed by atoms with E-state index in [4.69, 9.17) is 23.4 Å². The number of hydrogen-bond acceptors (Lipinski definition) is 15. The van der Waals surface area contributed by atoms with Crippen LogP contribution in [0.1, 0.15) is 6.92 Å². The largest absolute Gasteiger partial charge is 0.507 e. The number of fused-ring (bicyclic) bond motifs is 1. The molecule has 1 aromatic heterocycles. The lowest BCUT2D eigenvalue weighted by atomic mass is 9.97. The normalized spacial score (nSPS) is 33.5. The van der Waals surface area contributed by atoms with Gasteiger partial charge in [0.15, 0.2) is 29.3 Å². The van der Waals surface area contributed by atoms with Gasteiger partial charge in [-0.1, -0.05) is 0 Å². The highest BCUT2D eigenvalue weighted by atomic mass is 16.8. The number of aliphatic hydroxyl groups excluding tert-OH is 6. The Morgan fingerprint density at radius 1 is 0.786 bits per heavy atom. The number of hydrogen-bond donors (Lipinski definition) is 9. The molecule has 3 heterocycles. The molecule has 0 aliphatic carbocycles. The Morgan fingerprint density at radius 2 is 1.52 bits per heavy atom. The smallest absolute Gasteiger partial charge is 0.229 e. The third-order valence-corrected chi connectivity index (χ3v) is 7.22. The summed E-state index contributed by atoms with van der Waals surface area (Å²) < 4.78 is 28.3. The highest BCUT2D eigenvalue weighted by Crippen LogP contribution is 2.36. The van der Waals surface area contributed by atoms with Crippen molar-refractivity contribution in [3.05, 3.63) is 46.6 Å². The molecule has 10 atom stereocenters. The number of rotatable bonds is 6. The summed E-state index contributed by atoms with van der Waals surface area (Å²) in [5, 5.41) is 91.2. The van der Waals surface area contributed by atoms with E-state index >= 15 is 0 Å². The summed E-state index contributed by atoms with van der Waals surface area (Å²) in [6, 6.07) is 7.08. The van der Waals surface area contributed by atoms with Crippen molar-refractivity contribution >= 4 is 11.0 Å². The topological polar surface area (TPSA) is 249 Å². The maximum absolute atomic E-state index is 12.8. The van der Waals surface area contributed by atoms with Crippen LogP contribution in [0.4, 0.5) is 0 Å². The molecule has 5 rings (SSSR count). The molecule has 228 valence electrons. The Labute approximate surface area is 236 Å². The van der Waals surface area contributed by atoms with Gasteiger partial charge in [-0.05, 0) is 25.1 Å². The molecule has 2 aromatic carbocycles. The standard InChI is InChI=1S/C27H30O15/c1-9-20(33)22(35)24(37)26(38-9)42-25-23(36)21(34)18(8-28)41-27(25)39-11-5-14(31)19-15(32)7-16(40-17(19)6-11)10-2-3-12(29)13(30)4-10/h2-7,9,18,20-31,33-37H,8H2,1H3. The van der Waals surface area contributed by atoms with E-state index in [1.807, 2.05) is 0 Å². The fourth-order valence-corrected chi connectivity index (χ4v) is 4.84. The first kappa shape index (κ1) is 30.0. The number of ether oxygens (including phenoxy) is 4. The van der Waals surface area contributed by atoms with Gasteiger partial charge in [-0.15, -0.1) is 0 Å². The minimum atomic E-state index is -1.78. The Morgan fingerprint density at radius 3 is 2.21 bits per heavy atom. The summed E-state index contributed by atoms with van der Waals surface area (Å²) in [7, 11) is 0. The van der Waals surface area contributed by atoms with Gasteiger partial charge in [0.1, 0.15) is 64.9 Å². The van der Waals surface area contributed by atoms with E-state index in [9.17, 15) is 50.8 Å².